The zero-order valence-electron chi connectivity index (χ0n) is 11.3. The monoisotopic (exact) mass is 274 g/mol. The van der Waals surface area contributed by atoms with Crippen molar-refractivity contribution in [1.29, 1.82) is 0 Å². The van der Waals surface area contributed by atoms with E-state index in [0.717, 1.165) is 11.4 Å². The van der Waals surface area contributed by atoms with Crippen LogP contribution < -0.4 is 16.0 Å². The van der Waals surface area contributed by atoms with E-state index in [2.05, 4.69) is 21.1 Å². The van der Waals surface area contributed by atoms with E-state index in [9.17, 15) is 4.79 Å². The molecule has 0 aliphatic heterocycles. The minimum absolute atomic E-state index is 0.222. The summed E-state index contributed by atoms with van der Waals surface area (Å²) in [6.07, 6.45) is 0. The Labute approximate surface area is 117 Å². The highest BCUT2D eigenvalue weighted by molar-refractivity contribution is 5.73. The summed E-state index contributed by atoms with van der Waals surface area (Å²) >= 11 is 0. The van der Waals surface area contributed by atoms with E-state index in [1.54, 1.807) is 6.07 Å². The molecule has 6 nitrogen and oxygen atoms in total. The van der Waals surface area contributed by atoms with Crippen LogP contribution in [-0.2, 0) is 6.54 Å². The Morgan fingerprint density at radius 3 is 2.70 bits per heavy atom. The molecule has 0 radical (unpaired) electrons. The van der Waals surface area contributed by atoms with Gasteiger partial charge in [-0.05, 0) is 19.1 Å². The van der Waals surface area contributed by atoms with Gasteiger partial charge in [0.25, 0.3) is 0 Å². The van der Waals surface area contributed by atoms with Crippen LogP contribution in [0, 0.1) is 6.92 Å². The SMILES string of the molecule is Cc1cc(CNC(=O)NCCNc2ccccc2)no1. The van der Waals surface area contributed by atoms with Gasteiger partial charge in [-0.25, -0.2) is 4.79 Å². The molecule has 6 heteroatoms. The van der Waals surface area contributed by atoms with Crippen LogP contribution in [0.25, 0.3) is 0 Å². The van der Waals surface area contributed by atoms with Crippen molar-refractivity contribution < 1.29 is 9.32 Å². The lowest BCUT2D eigenvalue weighted by molar-refractivity contribution is 0.240. The standard InChI is InChI=1S/C14H18N4O2/c1-11-9-13(18-20-11)10-17-14(19)16-8-7-15-12-5-3-2-4-6-12/h2-6,9,15H,7-8,10H2,1H3,(H2,16,17,19). The first kappa shape index (κ1) is 13.9. The van der Waals surface area contributed by atoms with Crippen molar-refractivity contribution in [3.05, 3.63) is 47.9 Å². The molecule has 0 unspecified atom stereocenters. The van der Waals surface area contributed by atoms with E-state index in [1.807, 2.05) is 37.3 Å². The third kappa shape index (κ3) is 4.64. The topological polar surface area (TPSA) is 79.2 Å². The third-order valence-corrected chi connectivity index (χ3v) is 2.62. The second-order valence-electron chi connectivity index (χ2n) is 4.33. The highest BCUT2D eigenvalue weighted by Gasteiger charge is 2.03. The molecule has 1 heterocycles. The van der Waals surface area contributed by atoms with Crippen molar-refractivity contribution >= 4 is 11.7 Å². The summed E-state index contributed by atoms with van der Waals surface area (Å²) in [6.45, 7) is 3.38. The number of aryl methyl sites for hydroxylation is 1. The number of hydrogen-bond donors (Lipinski definition) is 3. The lowest BCUT2D eigenvalue weighted by atomic mass is 10.3. The Hall–Kier alpha value is -2.50. The first-order chi connectivity index (χ1) is 9.74. The summed E-state index contributed by atoms with van der Waals surface area (Å²) < 4.78 is 4.91. The van der Waals surface area contributed by atoms with Gasteiger partial charge >= 0.3 is 6.03 Å². The van der Waals surface area contributed by atoms with Gasteiger partial charge in [0.2, 0.25) is 0 Å². The average molecular weight is 274 g/mol. The van der Waals surface area contributed by atoms with Crippen LogP contribution in [0.2, 0.25) is 0 Å². The minimum Gasteiger partial charge on any atom is -0.383 e. The van der Waals surface area contributed by atoms with Gasteiger partial charge < -0.3 is 20.5 Å². The third-order valence-electron chi connectivity index (χ3n) is 2.62. The molecule has 0 saturated carbocycles. The number of urea groups is 1. The molecule has 0 fully saturated rings. The highest BCUT2D eigenvalue weighted by atomic mass is 16.5. The van der Waals surface area contributed by atoms with Gasteiger partial charge in [-0.2, -0.15) is 0 Å². The van der Waals surface area contributed by atoms with Crippen molar-refractivity contribution in [3.8, 4) is 0 Å². The van der Waals surface area contributed by atoms with Crippen LogP contribution in [0.3, 0.4) is 0 Å². The normalized spacial score (nSPS) is 10.1. The summed E-state index contributed by atoms with van der Waals surface area (Å²) in [6, 6.07) is 11.4. The molecular formula is C14H18N4O2. The Balaban J connectivity index is 1.58. The predicted octanol–water partition coefficient (Wildman–Crippen LogP) is 1.89. The van der Waals surface area contributed by atoms with E-state index in [-0.39, 0.29) is 6.03 Å². The number of carbonyl (C=O) groups is 1. The number of para-hydroxylation sites is 1. The second kappa shape index (κ2) is 7.18. The summed E-state index contributed by atoms with van der Waals surface area (Å²) in [5.41, 5.74) is 1.74. The summed E-state index contributed by atoms with van der Waals surface area (Å²) in [5, 5.41) is 12.5. The number of anilines is 1. The largest absolute Gasteiger partial charge is 0.383 e. The molecule has 3 N–H and O–H groups in total. The van der Waals surface area contributed by atoms with Crippen LogP contribution >= 0.6 is 0 Å². The molecule has 0 spiro atoms. The fraction of sp³-hybridized carbons (Fsp3) is 0.286. The van der Waals surface area contributed by atoms with Crippen LogP contribution in [0.4, 0.5) is 10.5 Å². The van der Waals surface area contributed by atoms with Gasteiger partial charge in [-0.15, -0.1) is 0 Å². The van der Waals surface area contributed by atoms with Gasteiger partial charge in [0.15, 0.2) is 0 Å². The van der Waals surface area contributed by atoms with E-state index in [0.29, 0.717) is 25.3 Å². The molecule has 0 aliphatic rings. The van der Waals surface area contributed by atoms with Crippen LogP contribution in [0.5, 0.6) is 0 Å². The Morgan fingerprint density at radius 2 is 2.00 bits per heavy atom. The molecular weight excluding hydrogens is 256 g/mol. The molecule has 1 aromatic carbocycles. The molecule has 106 valence electrons. The summed E-state index contributed by atoms with van der Waals surface area (Å²) in [7, 11) is 0. The van der Waals surface area contributed by atoms with Gasteiger partial charge in [0.1, 0.15) is 11.5 Å². The molecule has 0 atom stereocenters. The molecule has 1 aromatic heterocycles. The maximum absolute atomic E-state index is 11.5. The first-order valence-electron chi connectivity index (χ1n) is 6.47. The Bertz CT molecular complexity index is 539. The number of nitrogens with zero attached hydrogens (tertiary/aromatic N) is 1. The quantitative estimate of drug-likeness (QED) is 0.703. The van der Waals surface area contributed by atoms with Crippen molar-refractivity contribution in [1.82, 2.24) is 15.8 Å². The first-order valence-corrected chi connectivity index (χ1v) is 6.47. The highest BCUT2D eigenvalue weighted by Crippen LogP contribution is 2.03. The molecule has 0 saturated heterocycles. The fourth-order valence-corrected chi connectivity index (χ4v) is 1.67. The summed E-state index contributed by atoms with van der Waals surface area (Å²) in [4.78, 5) is 11.5. The van der Waals surface area contributed by atoms with E-state index >= 15 is 0 Å². The lowest BCUT2D eigenvalue weighted by Crippen LogP contribution is -2.37. The summed E-state index contributed by atoms with van der Waals surface area (Å²) in [5.74, 6) is 0.731. The van der Waals surface area contributed by atoms with Crippen LogP contribution in [0.1, 0.15) is 11.5 Å². The van der Waals surface area contributed by atoms with Crippen molar-refractivity contribution in [2.24, 2.45) is 0 Å². The van der Waals surface area contributed by atoms with E-state index in [4.69, 9.17) is 4.52 Å². The fourth-order valence-electron chi connectivity index (χ4n) is 1.67. The van der Waals surface area contributed by atoms with Crippen molar-refractivity contribution in [3.63, 3.8) is 0 Å². The number of amides is 2. The van der Waals surface area contributed by atoms with Gasteiger partial charge in [-0.1, -0.05) is 23.4 Å². The maximum atomic E-state index is 11.5. The number of nitrogens with one attached hydrogen (secondary N) is 3. The van der Waals surface area contributed by atoms with Crippen molar-refractivity contribution in [2.45, 2.75) is 13.5 Å². The molecule has 2 amide bonds. The number of carbonyl (C=O) groups excluding carboxylic acids is 1. The van der Waals surface area contributed by atoms with Crippen LogP contribution in [-0.4, -0.2) is 24.3 Å². The number of aromatic nitrogens is 1. The van der Waals surface area contributed by atoms with E-state index < -0.39 is 0 Å². The molecule has 2 aromatic rings. The Morgan fingerprint density at radius 1 is 1.20 bits per heavy atom. The second-order valence-corrected chi connectivity index (χ2v) is 4.33. The smallest absolute Gasteiger partial charge is 0.315 e. The average Bonchev–Trinajstić information content (AvgIpc) is 2.88. The molecule has 2 rings (SSSR count). The van der Waals surface area contributed by atoms with Gasteiger partial charge in [-0.3, -0.25) is 0 Å². The predicted molar refractivity (Wildman–Crippen MR) is 76.4 cm³/mol. The van der Waals surface area contributed by atoms with Gasteiger partial charge in [0.05, 0.1) is 6.54 Å². The number of benzene rings is 1. The van der Waals surface area contributed by atoms with E-state index in [1.165, 1.54) is 0 Å². The number of rotatable bonds is 6. The van der Waals surface area contributed by atoms with Crippen LogP contribution in [0.15, 0.2) is 40.9 Å². The van der Waals surface area contributed by atoms with Crippen molar-refractivity contribution in [2.75, 3.05) is 18.4 Å². The Kier molecular flexibility index (Phi) is 5.00. The maximum Gasteiger partial charge on any atom is 0.315 e. The zero-order chi connectivity index (χ0) is 14.2. The zero-order valence-corrected chi connectivity index (χ0v) is 11.3. The minimum atomic E-state index is -0.222. The van der Waals surface area contributed by atoms with Gasteiger partial charge in [0, 0.05) is 24.8 Å². The molecule has 0 bridgehead atoms. The number of hydrogen-bond acceptors (Lipinski definition) is 4. The lowest BCUT2D eigenvalue weighted by Gasteiger charge is -2.08. The molecule has 20 heavy (non-hydrogen) atoms. The molecule has 0 aliphatic carbocycles.